The number of nitrogens with zero attached hydrogens (tertiary/aromatic N) is 3. The standard InChI is InChI=1S/C11H12N4O2/c1-13-11(16)10(14-15-12)7-8-4-3-5-9(6-8)17-2/h3-7H,1-2H3,(H,13,16). The molecule has 0 bridgehead atoms. The summed E-state index contributed by atoms with van der Waals surface area (Å²) in [5.41, 5.74) is 9.09. The number of hydrogen-bond donors (Lipinski definition) is 1. The van der Waals surface area contributed by atoms with Crippen LogP contribution in [0.1, 0.15) is 5.56 Å². The predicted octanol–water partition coefficient (Wildman–Crippen LogP) is 2.09. The monoisotopic (exact) mass is 232 g/mol. The summed E-state index contributed by atoms with van der Waals surface area (Å²) in [4.78, 5) is 14.0. The van der Waals surface area contributed by atoms with E-state index in [4.69, 9.17) is 10.3 Å². The Balaban J connectivity index is 3.11. The van der Waals surface area contributed by atoms with E-state index in [9.17, 15) is 4.79 Å². The molecule has 1 aromatic rings. The van der Waals surface area contributed by atoms with E-state index in [2.05, 4.69) is 15.3 Å². The third-order valence-electron chi connectivity index (χ3n) is 2.01. The van der Waals surface area contributed by atoms with Gasteiger partial charge in [-0.2, -0.15) is 0 Å². The van der Waals surface area contributed by atoms with Gasteiger partial charge in [-0.15, -0.1) is 0 Å². The highest BCUT2D eigenvalue weighted by molar-refractivity contribution is 5.97. The normalized spacial score (nSPS) is 10.4. The summed E-state index contributed by atoms with van der Waals surface area (Å²) >= 11 is 0. The Morgan fingerprint density at radius 3 is 2.94 bits per heavy atom. The van der Waals surface area contributed by atoms with Gasteiger partial charge in [-0.3, -0.25) is 4.79 Å². The van der Waals surface area contributed by atoms with Crippen LogP contribution in [0.25, 0.3) is 16.5 Å². The highest BCUT2D eigenvalue weighted by atomic mass is 16.5. The summed E-state index contributed by atoms with van der Waals surface area (Å²) in [6.07, 6.45) is 1.49. The molecule has 0 saturated heterocycles. The highest BCUT2D eigenvalue weighted by Crippen LogP contribution is 2.15. The molecule has 0 unspecified atom stereocenters. The smallest absolute Gasteiger partial charge is 0.253 e. The molecule has 1 N–H and O–H groups in total. The maximum atomic E-state index is 11.4. The van der Waals surface area contributed by atoms with Crippen molar-refractivity contribution in [2.45, 2.75) is 0 Å². The number of methoxy groups -OCH3 is 1. The lowest BCUT2D eigenvalue weighted by molar-refractivity contribution is -0.117. The van der Waals surface area contributed by atoms with Gasteiger partial charge in [0.05, 0.1) is 7.11 Å². The second-order valence-corrected chi connectivity index (χ2v) is 3.07. The molecule has 88 valence electrons. The van der Waals surface area contributed by atoms with E-state index < -0.39 is 5.91 Å². The van der Waals surface area contributed by atoms with E-state index in [-0.39, 0.29) is 5.70 Å². The molecule has 0 radical (unpaired) electrons. The summed E-state index contributed by atoms with van der Waals surface area (Å²) in [6.45, 7) is 0. The van der Waals surface area contributed by atoms with Crippen molar-refractivity contribution >= 4 is 12.0 Å². The lowest BCUT2D eigenvalue weighted by Gasteiger charge is -2.02. The first-order chi connectivity index (χ1) is 8.21. The zero-order valence-electron chi connectivity index (χ0n) is 9.54. The SMILES string of the molecule is CNC(=O)C(=Cc1cccc(OC)c1)N=[N+]=[N-]. The number of likely N-dealkylation sites (N-methyl/N-ethyl adjacent to an activating group) is 1. The first-order valence-electron chi connectivity index (χ1n) is 4.84. The van der Waals surface area contributed by atoms with Gasteiger partial charge in [-0.1, -0.05) is 17.2 Å². The van der Waals surface area contributed by atoms with Crippen LogP contribution in [-0.2, 0) is 4.79 Å². The fourth-order valence-corrected chi connectivity index (χ4v) is 1.21. The van der Waals surface area contributed by atoms with E-state index in [0.717, 1.165) is 5.56 Å². The van der Waals surface area contributed by atoms with Crippen molar-refractivity contribution in [3.05, 3.63) is 46.0 Å². The number of nitrogens with one attached hydrogen (secondary N) is 1. The van der Waals surface area contributed by atoms with Crippen molar-refractivity contribution < 1.29 is 9.53 Å². The Morgan fingerprint density at radius 1 is 1.59 bits per heavy atom. The summed E-state index contributed by atoms with van der Waals surface area (Å²) in [5.74, 6) is 0.224. The summed E-state index contributed by atoms with van der Waals surface area (Å²) in [5, 5.41) is 5.73. The van der Waals surface area contributed by atoms with Gasteiger partial charge in [-0.25, -0.2) is 0 Å². The average Bonchev–Trinajstić information content (AvgIpc) is 2.37. The van der Waals surface area contributed by atoms with E-state index in [1.165, 1.54) is 13.1 Å². The maximum absolute atomic E-state index is 11.4. The fraction of sp³-hybridized carbons (Fsp3) is 0.182. The molecule has 0 saturated carbocycles. The number of ether oxygens (including phenoxy) is 1. The number of hydrogen-bond acceptors (Lipinski definition) is 3. The third kappa shape index (κ3) is 3.55. The molecular formula is C11H12N4O2. The summed E-state index contributed by atoms with van der Waals surface area (Å²) in [6, 6.07) is 7.07. The van der Waals surface area contributed by atoms with Gasteiger partial charge in [0, 0.05) is 12.0 Å². The Bertz CT molecular complexity index is 490. The Hall–Kier alpha value is -2.46. The Morgan fingerprint density at radius 2 is 2.35 bits per heavy atom. The van der Waals surface area contributed by atoms with Crippen LogP contribution >= 0.6 is 0 Å². The number of carbonyl (C=O) groups is 1. The molecule has 1 aromatic carbocycles. The molecule has 6 nitrogen and oxygen atoms in total. The van der Waals surface area contributed by atoms with Gasteiger partial charge < -0.3 is 10.1 Å². The zero-order chi connectivity index (χ0) is 12.7. The molecule has 0 aliphatic heterocycles. The number of benzene rings is 1. The maximum Gasteiger partial charge on any atom is 0.253 e. The summed E-state index contributed by atoms with van der Waals surface area (Å²) in [7, 11) is 3.02. The van der Waals surface area contributed by atoms with Gasteiger partial charge in [0.25, 0.3) is 5.91 Å². The molecule has 0 aliphatic rings. The molecule has 1 amide bonds. The molecule has 0 aromatic heterocycles. The molecular weight excluding hydrogens is 220 g/mol. The first-order valence-corrected chi connectivity index (χ1v) is 4.84. The van der Waals surface area contributed by atoms with Crippen LogP contribution in [0.3, 0.4) is 0 Å². The quantitative estimate of drug-likeness (QED) is 0.373. The van der Waals surface area contributed by atoms with Crippen molar-refractivity contribution in [1.82, 2.24) is 5.32 Å². The minimum Gasteiger partial charge on any atom is -0.497 e. The van der Waals surface area contributed by atoms with Crippen molar-refractivity contribution in [3.8, 4) is 5.75 Å². The lowest BCUT2D eigenvalue weighted by atomic mass is 10.2. The van der Waals surface area contributed by atoms with Crippen molar-refractivity contribution in [1.29, 1.82) is 0 Å². The molecule has 0 atom stereocenters. The van der Waals surface area contributed by atoms with Crippen molar-refractivity contribution in [2.24, 2.45) is 5.11 Å². The summed E-state index contributed by atoms with van der Waals surface area (Å²) < 4.78 is 5.05. The molecule has 0 heterocycles. The predicted molar refractivity (Wildman–Crippen MR) is 64.2 cm³/mol. The molecule has 0 aliphatic carbocycles. The van der Waals surface area contributed by atoms with Crippen LogP contribution in [0, 0.1) is 0 Å². The van der Waals surface area contributed by atoms with Crippen LogP contribution in [0.5, 0.6) is 5.75 Å². The minimum absolute atomic E-state index is 0.00301. The van der Waals surface area contributed by atoms with Gasteiger partial charge in [0.1, 0.15) is 11.4 Å². The lowest BCUT2D eigenvalue weighted by Crippen LogP contribution is -2.18. The third-order valence-corrected chi connectivity index (χ3v) is 2.01. The van der Waals surface area contributed by atoms with E-state index in [0.29, 0.717) is 5.75 Å². The van der Waals surface area contributed by atoms with Crippen LogP contribution < -0.4 is 10.1 Å². The number of rotatable bonds is 4. The van der Waals surface area contributed by atoms with Gasteiger partial charge >= 0.3 is 0 Å². The van der Waals surface area contributed by atoms with Crippen molar-refractivity contribution in [2.75, 3.05) is 14.2 Å². The minimum atomic E-state index is -0.439. The van der Waals surface area contributed by atoms with Crippen molar-refractivity contribution in [3.63, 3.8) is 0 Å². The zero-order valence-corrected chi connectivity index (χ0v) is 9.54. The Labute approximate surface area is 98.5 Å². The van der Waals surface area contributed by atoms with E-state index >= 15 is 0 Å². The molecule has 0 spiro atoms. The molecule has 1 rings (SSSR count). The number of amides is 1. The van der Waals surface area contributed by atoms with Crippen LogP contribution in [0.4, 0.5) is 0 Å². The van der Waals surface area contributed by atoms with Crippen LogP contribution in [0.2, 0.25) is 0 Å². The van der Waals surface area contributed by atoms with Gasteiger partial charge in [-0.05, 0) is 29.3 Å². The second-order valence-electron chi connectivity index (χ2n) is 3.07. The van der Waals surface area contributed by atoms with Gasteiger partial charge in [0.15, 0.2) is 0 Å². The largest absolute Gasteiger partial charge is 0.497 e. The molecule has 0 fully saturated rings. The molecule has 17 heavy (non-hydrogen) atoms. The van der Waals surface area contributed by atoms with Crippen LogP contribution in [0.15, 0.2) is 35.1 Å². The number of azide groups is 1. The van der Waals surface area contributed by atoms with Gasteiger partial charge in [0.2, 0.25) is 0 Å². The average molecular weight is 232 g/mol. The van der Waals surface area contributed by atoms with Crippen LogP contribution in [-0.4, -0.2) is 20.1 Å². The fourth-order valence-electron chi connectivity index (χ4n) is 1.21. The topological polar surface area (TPSA) is 87.1 Å². The number of carbonyl (C=O) groups excluding carboxylic acids is 1. The molecule has 6 heteroatoms. The Kier molecular flexibility index (Phi) is 4.59. The second kappa shape index (κ2) is 6.19. The highest BCUT2D eigenvalue weighted by Gasteiger charge is 2.05. The van der Waals surface area contributed by atoms with E-state index in [1.54, 1.807) is 31.4 Å². The first kappa shape index (κ1) is 12.6. The van der Waals surface area contributed by atoms with E-state index in [1.807, 2.05) is 0 Å².